The molecule has 2 aromatic rings. The highest BCUT2D eigenvalue weighted by molar-refractivity contribution is 7.12. The van der Waals surface area contributed by atoms with Crippen molar-refractivity contribution in [3.05, 3.63) is 56.2 Å². The maximum absolute atomic E-state index is 12.3. The van der Waals surface area contributed by atoms with E-state index in [1.807, 2.05) is 22.4 Å². The molecule has 1 aromatic carbocycles. The van der Waals surface area contributed by atoms with E-state index in [-0.39, 0.29) is 11.8 Å². The summed E-state index contributed by atoms with van der Waals surface area (Å²) >= 11 is 13.3. The summed E-state index contributed by atoms with van der Waals surface area (Å²) in [6, 6.07) is 8.53. The van der Waals surface area contributed by atoms with Gasteiger partial charge in [0.1, 0.15) is 0 Å². The van der Waals surface area contributed by atoms with Crippen molar-refractivity contribution in [3.8, 4) is 0 Å². The Morgan fingerprint density at radius 1 is 1.08 bits per heavy atom. The van der Waals surface area contributed by atoms with Crippen molar-refractivity contribution in [1.82, 2.24) is 15.1 Å². The molecule has 3 rings (SSSR count). The Balaban J connectivity index is 1.41. The summed E-state index contributed by atoms with van der Waals surface area (Å²) in [5, 5.41) is 5.67. The first-order valence-electron chi connectivity index (χ1n) is 8.32. The van der Waals surface area contributed by atoms with Crippen molar-refractivity contribution in [2.75, 3.05) is 39.3 Å². The van der Waals surface area contributed by atoms with Gasteiger partial charge in [-0.3, -0.25) is 14.5 Å². The van der Waals surface area contributed by atoms with Crippen LogP contribution in [0.25, 0.3) is 0 Å². The molecule has 0 saturated carbocycles. The highest BCUT2D eigenvalue weighted by atomic mass is 35.5. The Morgan fingerprint density at radius 2 is 1.77 bits per heavy atom. The van der Waals surface area contributed by atoms with Gasteiger partial charge >= 0.3 is 0 Å². The molecule has 1 aromatic heterocycles. The molecule has 1 fully saturated rings. The lowest BCUT2D eigenvalue weighted by Gasteiger charge is -2.34. The second kappa shape index (κ2) is 8.86. The van der Waals surface area contributed by atoms with E-state index in [0.717, 1.165) is 24.5 Å². The third-order valence-electron chi connectivity index (χ3n) is 4.23. The quantitative estimate of drug-likeness (QED) is 0.821. The number of nitrogens with one attached hydrogen (secondary N) is 1. The normalized spacial score (nSPS) is 15.1. The molecule has 5 nitrogen and oxygen atoms in total. The minimum absolute atomic E-state index is 0.103. The Kier molecular flexibility index (Phi) is 6.53. The third-order valence-corrected chi connectivity index (χ3v) is 5.52. The lowest BCUT2D eigenvalue weighted by molar-refractivity contribution is 0.0643. The van der Waals surface area contributed by atoms with Crippen LogP contribution in [0.15, 0.2) is 35.7 Å². The molecule has 1 N–H and O–H groups in total. The van der Waals surface area contributed by atoms with Crippen molar-refractivity contribution in [2.45, 2.75) is 0 Å². The number of nitrogens with zero attached hydrogens (tertiary/aromatic N) is 2. The minimum atomic E-state index is -0.194. The highest BCUT2D eigenvalue weighted by Gasteiger charge is 2.22. The van der Waals surface area contributed by atoms with Crippen molar-refractivity contribution in [1.29, 1.82) is 0 Å². The summed E-state index contributed by atoms with van der Waals surface area (Å²) in [6.45, 7) is 4.28. The maximum Gasteiger partial charge on any atom is 0.264 e. The van der Waals surface area contributed by atoms with Crippen LogP contribution in [-0.2, 0) is 0 Å². The first kappa shape index (κ1) is 19.2. The summed E-state index contributed by atoms with van der Waals surface area (Å²) in [4.78, 5) is 29.4. The Bertz CT molecular complexity index is 754. The number of benzene rings is 1. The van der Waals surface area contributed by atoms with Crippen LogP contribution in [0, 0.1) is 0 Å². The molecule has 0 aliphatic carbocycles. The molecule has 26 heavy (non-hydrogen) atoms. The van der Waals surface area contributed by atoms with E-state index in [1.54, 1.807) is 18.2 Å². The van der Waals surface area contributed by atoms with Gasteiger partial charge in [-0.1, -0.05) is 29.3 Å². The van der Waals surface area contributed by atoms with Gasteiger partial charge in [-0.25, -0.2) is 0 Å². The van der Waals surface area contributed by atoms with E-state index < -0.39 is 0 Å². The van der Waals surface area contributed by atoms with E-state index in [0.29, 0.717) is 35.2 Å². The van der Waals surface area contributed by atoms with E-state index in [4.69, 9.17) is 23.2 Å². The fourth-order valence-corrected chi connectivity index (χ4v) is 4.06. The predicted molar refractivity (Wildman–Crippen MR) is 105 cm³/mol. The van der Waals surface area contributed by atoms with Gasteiger partial charge in [-0.2, -0.15) is 0 Å². The van der Waals surface area contributed by atoms with Crippen LogP contribution in [0.5, 0.6) is 0 Å². The molecule has 2 amide bonds. The number of hydrogen-bond donors (Lipinski definition) is 1. The van der Waals surface area contributed by atoms with Crippen LogP contribution in [0.1, 0.15) is 20.0 Å². The first-order chi connectivity index (χ1) is 12.5. The maximum atomic E-state index is 12.3. The molecule has 0 radical (unpaired) electrons. The first-order valence-corrected chi connectivity index (χ1v) is 9.96. The van der Waals surface area contributed by atoms with Crippen LogP contribution in [0.2, 0.25) is 10.0 Å². The van der Waals surface area contributed by atoms with Gasteiger partial charge in [-0.05, 0) is 29.6 Å². The van der Waals surface area contributed by atoms with Crippen molar-refractivity contribution >= 4 is 46.4 Å². The van der Waals surface area contributed by atoms with Crippen molar-refractivity contribution < 1.29 is 9.59 Å². The molecule has 8 heteroatoms. The zero-order valence-electron chi connectivity index (χ0n) is 14.1. The van der Waals surface area contributed by atoms with Crippen LogP contribution >= 0.6 is 34.5 Å². The number of carbonyl (C=O) groups is 2. The molecule has 2 heterocycles. The molecule has 0 bridgehead atoms. The zero-order valence-corrected chi connectivity index (χ0v) is 16.4. The van der Waals surface area contributed by atoms with Crippen LogP contribution in [0.3, 0.4) is 0 Å². The molecule has 1 aliphatic rings. The Morgan fingerprint density at radius 3 is 2.38 bits per heavy atom. The molecule has 138 valence electrons. The number of hydrogen-bond acceptors (Lipinski definition) is 4. The lowest BCUT2D eigenvalue weighted by atomic mass is 10.2. The van der Waals surface area contributed by atoms with Gasteiger partial charge in [-0.15, -0.1) is 11.3 Å². The fraction of sp³-hybridized carbons (Fsp3) is 0.333. The molecular formula is C18H19Cl2N3O2S. The number of rotatable bonds is 5. The summed E-state index contributed by atoms with van der Waals surface area (Å²) in [7, 11) is 0. The van der Waals surface area contributed by atoms with Crippen molar-refractivity contribution in [3.63, 3.8) is 0 Å². The standard InChI is InChI=1S/C18H19Cl2N3O2S/c19-14-10-13(11-15(20)12-14)17(24)21-3-4-22-5-7-23(8-6-22)18(25)16-2-1-9-26-16/h1-2,9-12H,3-8H2,(H,21,24). The van der Waals surface area contributed by atoms with Crippen LogP contribution < -0.4 is 5.32 Å². The molecular weight excluding hydrogens is 393 g/mol. The van der Waals surface area contributed by atoms with Gasteiger partial charge < -0.3 is 10.2 Å². The second-order valence-corrected chi connectivity index (χ2v) is 7.85. The number of piperazine rings is 1. The second-order valence-electron chi connectivity index (χ2n) is 6.03. The van der Waals surface area contributed by atoms with Gasteiger partial charge in [0, 0.05) is 54.9 Å². The topological polar surface area (TPSA) is 52.7 Å². The lowest BCUT2D eigenvalue weighted by Crippen LogP contribution is -2.50. The average molecular weight is 412 g/mol. The summed E-state index contributed by atoms with van der Waals surface area (Å²) in [5.41, 5.74) is 0.453. The molecule has 1 aliphatic heterocycles. The predicted octanol–water partition coefficient (Wildman–Crippen LogP) is 3.24. The minimum Gasteiger partial charge on any atom is -0.351 e. The number of halogens is 2. The van der Waals surface area contributed by atoms with Gasteiger partial charge in [0.05, 0.1) is 4.88 Å². The summed E-state index contributed by atoms with van der Waals surface area (Å²) in [6.07, 6.45) is 0. The van der Waals surface area contributed by atoms with Gasteiger partial charge in [0.25, 0.3) is 11.8 Å². The van der Waals surface area contributed by atoms with Crippen molar-refractivity contribution in [2.24, 2.45) is 0 Å². The number of carbonyl (C=O) groups excluding carboxylic acids is 2. The summed E-state index contributed by atoms with van der Waals surface area (Å²) in [5.74, 6) is -0.0910. The number of thiophene rings is 1. The zero-order chi connectivity index (χ0) is 18.5. The molecule has 0 spiro atoms. The molecule has 0 atom stereocenters. The summed E-state index contributed by atoms with van der Waals surface area (Å²) < 4.78 is 0. The van der Waals surface area contributed by atoms with Gasteiger partial charge in [0.15, 0.2) is 0 Å². The molecule has 1 saturated heterocycles. The Labute approximate surface area is 166 Å². The highest BCUT2D eigenvalue weighted by Crippen LogP contribution is 2.19. The third kappa shape index (κ3) is 4.98. The Hall–Kier alpha value is -1.60. The SMILES string of the molecule is O=C(NCCN1CCN(C(=O)c2cccs2)CC1)c1cc(Cl)cc(Cl)c1. The van der Waals surface area contributed by atoms with Crippen LogP contribution in [-0.4, -0.2) is 60.9 Å². The fourth-order valence-electron chi connectivity index (χ4n) is 2.85. The monoisotopic (exact) mass is 411 g/mol. The van der Waals surface area contributed by atoms with Gasteiger partial charge in [0.2, 0.25) is 0 Å². The van der Waals surface area contributed by atoms with Crippen LogP contribution in [0.4, 0.5) is 0 Å². The largest absolute Gasteiger partial charge is 0.351 e. The number of amides is 2. The smallest absolute Gasteiger partial charge is 0.264 e. The average Bonchev–Trinajstić information content (AvgIpc) is 3.15. The van der Waals surface area contributed by atoms with E-state index >= 15 is 0 Å². The van der Waals surface area contributed by atoms with E-state index in [9.17, 15) is 9.59 Å². The van der Waals surface area contributed by atoms with E-state index in [1.165, 1.54) is 11.3 Å². The van der Waals surface area contributed by atoms with E-state index in [2.05, 4.69) is 10.2 Å². The molecule has 0 unspecified atom stereocenters.